The molecule has 0 aliphatic heterocycles. The summed E-state index contributed by atoms with van der Waals surface area (Å²) in [7, 11) is 0. The molecule has 0 aromatic heterocycles. The number of ether oxygens (including phenoxy) is 1. The van der Waals surface area contributed by atoms with Gasteiger partial charge in [-0.1, -0.05) is 77.9 Å². The van der Waals surface area contributed by atoms with Crippen molar-refractivity contribution in [3.8, 4) is 5.75 Å². The third-order valence-corrected chi connectivity index (χ3v) is 4.42. The van der Waals surface area contributed by atoms with Crippen LogP contribution in [0.2, 0.25) is 0 Å². The Balaban J connectivity index is 2.51. The number of halogens is 1. The van der Waals surface area contributed by atoms with E-state index in [9.17, 15) is 0 Å². The fourth-order valence-corrected chi connectivity index (χ4v) is 3.42. The highest BCUT2D eigenvalue weighted by molar-refractivity contribution is 6.17. The smallest absolute Gasteiger partial charge is 0.123 e. The molecular formula is C22H29ClO. The molecule has 1 nitrogen and oxygen atoms in total. The molecule has 0 saturated heterocycles. The fraction of sp³-hybridized carbons (Fsp3) is 0.455. The minimum Gasteiger partial charge on any atom is -0.489 e. The standard InChI is InChI=1S/C22H29ClO/c1-21(2,3)19-17(14-23)12-13-18(20(19)22(4,5)6)24-15-16-10-8-7-9-11-16/h7-13H,14-15H2,1-6H3. The van der Waals surface area contributed by atoms with E-state index in [4.69, 9.17) is 16.3 Å². The number of hydrogen-bond acceptors (Lipinski definition) is 1. The molecular weight excluding hydrogens is 316 g/mol. The predicted molar refractivity (Wildman–Crippen MR) is 104 cm³/mol. The summed E-state index contributed by atoms with van der Waals surface area (Å²) in [6.45, 7) is 14.0. The van der Waals surface area contributed by atoms with Crippen molar-refractivity contribution in [2.45, 2.75) is 64.9 Å². The van der Waals surface area contributed by atoms with Crippen LogP contribution >= 0.6 is 11.6 Å². The molecule has 24 heavy (non-hydrogen) atoms. The molecule has 0 amide bonds. The zero-order valence-corrected chi connectivity index (χ0v) is 16.5. The maximum Gasteiger partial charge on any atom is 0.123 e. The maximum atomic E-state index is 6.24. The van der Waals surface area contributed by atoms with E-state index in [2.05, 4.69) is 65.8 Å². The minimum absolute atomic E-state index is 0.0129. The second-order valence-corrected chi connectivity index (χ2v) is 8.65. The summed E-state index contributed by atoms with van der Waals surface area (Å²) in [6, 6.07) is 14.5. The van der Waals surface area contributed by atoms with Gasteiger partial charge in [-0.05, 0) is 33.6 Å². The highest BCUT2D eigenvalue weighted by Crippen LogP contribution is 2.42. The van der Waals surface area contributed by atoms with Crippen LogP contribution in [0.15, 0.2) is 42.5 Å². The molecule has 0 aliphatic rings. The summed E-state index contributed by atoms with van der Waals surface area (Å²) in [5, 5.41) is 0. The molecule has 2 aromatic rings. The van der Waals surface area contributed by atoms with Crippen LogP contribution in [-0.2, 0) is 23.3 Å². The van der Waals surface area contributed by atoms with Crippen molar-refractivity contribution in [3.05, 3.63) is 64.7 Å². The van der Waals surface area contributed by atoms with Crippen molar-refractivity contribution < 1.29 is 4.74 Å². The van der Waals surface area contributed by atoms with Crippen LogP contribution in [0, 0.1) is 0 Å². The highest BCUT2D eigenvalue weighted by Gasteiger charge is 2.30. The van der Waals surface area contributed by atoms with Gasteiger partial charge in [-0.2, -0.15) is 0 Å². The number of benzene rings is 2. The third-order valence-electron chi connectivity index (χ3n) is 4.13. The molecule has 0 atom stereocenters. The van der Waals surface area contributed by atoms with E-state index < -0.39 is 0 Å². The van der Waals surface area contributed by atoms with Crippen LogP contribution in [0.1, 0.15) is 63.8 Å². The lowest BCUT2D eigenvalue weighted by Crippen LogP contribution is -2.25. The van der Waals surface area contributed by atoms with Gasteiger partial charge in [0, 0.05) is 11.4 Å². The van der Waals surface area contributed by atoms with Crippen molar-refractivity contribution in [1.82, 2.24) is 0 Å². The largest absolute Gasteiger partial charge is 0.489 e. The van der Waals surface area contributed by atoms with Crippen molar-refractivity contribution >= 4 is 11.6 Å². The van der Waals surface area contributed by atoms with E-state index in [1.165, 1.54) is 22.3 Å². The minimum atomic E-state index is -0.0172. The molecule has 0 heterocycles. The predicted octanol–water partition coefficient (Wildman–Crippen LogP) is 6.60. The Kier molecular flexibility index (Phi) is 5.65. The van der Waals surface area contributed by atoms with Gasteiger partial charge in [0.15, 0.2) is 0 Å². The summed E-state index contributed by atoms with van der Waals surface area (Å²) in [5.41, 5.74) is 4.95. The van der Waals surface area contributed by atoms with E-state index in [1.54, 1.807) is 0 Å². The summed E-state index contributed by atoms with van der Waals surface area (Å²) >= 11 is 6.24. The van der Waals surface area contributed by atoms with Crippen LogP contribution in [-0.4, -0.2) is 0 Å². The van der Waals surface area contributed by atoms with Crippen LogP contribution in [0.3, 0.4) is 0 Å². The Morgan fingerprint density at radius 2 is 1.38 bits per heavy atom. The quantitative estimate of drug-likeness (QED) is 0.568. The van der Waals surface area contributed by atoms with Crippen molar-refractivity contribution in [2.75, 3.05) is 0 Å². The van der Waals surface area contributed by atoms with Crippen LogP contribution in [0.4, 0.5) is 0 Å². The molecule has 2 rings (SSSR count). The molecule has 0 spiro atoms. The number of alkyl halides is 1. The first kappa shape index (κ1) is 18.9. The average molecular weight is 345 g/mol. The van der Waals surface area contributed by atoms with Crippen LogP contribution in [0.5, 0.6) is 5.75 Å². The van der Waals surface area contributed by atoms with Gasteiger partial charge >= 0.3 is 0 Å². The topological polar surface area (TPSA) is 9.23 Å². The molecule has 0 saturated carbocycles. The lowest BCUT2D eigenvalue weighted by molar-refractivity contribution is 0.295. The lowest BCUT2D eigenvalue weighted by Gasteiger charge is -2.34. The highest BCUT2D eigenvalue weighted by atomic mass is 35.5. The first-order chi connectivity index (χ1) is 11.1. The molecule has 0 N–H and O–H groups in total. The summed E-state index contributed by atoms with van der Waals surface area (Å²) in [5.74, 6) is 1.49. The Morgan fingerprint density at radius 1 is 0.792 bits per heavy atom. The van der Waals surface area contributed by atoms with Gasteiger partial charge in [-0.3, -0.25) is 0 Å². The van der Waals surface area contributed by atoms with Crippen molar-refractivity contribution in [1.29, 1.82) is 0 Å². The van der Waals surface area contributed by atoms with E-state index in [-0.39, 0.29) is 10.8 Å². The van der Waals surface area contributed by atoms with Gasteiger partial charge in [0.2, 0.25) is 0 Å². The van der Waals surface area contributed by atoms with Gasteiger partial charge in [0.05, 0.1) is 0 Å². The Bertz CT molecular complexity index is 676. The zero-order chi connectivity index (χ0) is 18.0. The van der Waals surface area contributed by atoms with E-state index in [0.717, 1.165) is 5.75 Å². The third kappa shape index (κ3) is 4.33. The van der Waals surface area contributed by atoms with Crippen LogP contribution in [0.25, 0.3) is 0 Å². The van der Waals surface area contributed by atoms with E-state index in [1.807, 2.05) is 18.2 Å². The first-order valence-electron chi connectivity index (χ1n) is 8.54. The van der Waals surface area contributed by atoms with Gasteiger partial charge < -0.3 is 4.74 Å². The Hall–Kier alpha value is -1.47. The molecule has 0 unspecified atom stereocenters. The number of hydrogen-bond donors (Lipinski definition) is 0. The average Bonchev–Trinajstić information content (AvgIpc) is 2.51. The summed E-state index contributed by atoms with van der Waals surface area (Å²) < 4.78 is 6.24. The van der Waals surface area contributed by atoms with Gasteiger partial charge in [-0.25, -0.2) is 0 Å². The Morgan fingerprint density at radius 3 is 1.88 bits per heavy atom. The molecule has 0 fully saturated rings. The van der Waals surface area contributed by atoms with Gasteiger partial charge in [0.25, 0.3) is 0 Å². The van der Waals surface area contributed by atoms with Crippen molar-refractivity contribution in [3.63, 3.8) is 0 Å². The molecule has 0 radical (unpaired) electrons. The second-order valence-electron chi connectivity index (χ2n) is 8.38. The molecule has 130 valence electrons. The molecule has 2 aromatic carbocycles. The normalized spacial score (nSPS) is 12.3. The van der Waals surface area contributed by atoms with E-state index >= 15 is 0 Å². The van der Waals surface area contributed by atoms with Gasteiger partial charge in [-0.15, -0.1) is 11.6 Å². The maximum absolute atomic E-state index is 6.24. The van der Waals surface area contributed by atoms with E-state index in [0.29, 0.717) is 12.5 Å². The molecule has 0 bridgehead atoms. The SMILES string of the molecule is CC(C)(C)c1c(CCl)ccc(OCc2ccccc2)c1C(C)(C)C. The first-order valence-corrected chi connectivity index (χ1v) is 9.07. The molecule has 2 heteroatoms. The monoisotopic (exact) mass is 344 g/mol. The molecule has 0 aliphatic carbocycles. The zero-order valence-electron chi connectivity index (χ0n) is 15.7. The fourth-order valence-electron chi connectivity index (χ4n) is 3.19. The lowest BCUT2D eigenvalue weighted by atomic mass is 9.73. The number of rotatable bonds is 4. The van der Waals surface area contributed by atoms with Gasteiger partial charge in [0.1, 0.15) is 12.4 Å². The van der Waals surface area contributed by atoms with Crippen LogP contribution < -0.4 is 4.74 Å². The summed E-state index contributed by atoms with van der Waals surface area (Å²) in [4.78, 5) is 0. The van der Waals surface area contributed by atoms with Crippen molar-refractivity contribution in [2.24, 2.45) is 0 Å². The second kappa shape index (κ2) is 7.19. The Labute approximate surface area is 152 Å². The summed E-state index contributed by atoms with van der Waals surface area (Å²) in [6.07, 6.45) is 0.